The topological polar surface area (TPSA) is 43.6 Å². The SMILES string of the molecule is Cc1cc(-c2ncccn2)nn1Cc1ccccc1F. The lowest BCUT2D eigenvalue weighted by Crippen LogP contribution is -2.05. The van der Waals surface area contributed by atoms with E-state index in [9.17, 15) is 4.39 Å². The molecule has 0 amide bonds. The summed E-state index contributed by atoms with van der Waals surface area (Å²) in [4.78, 5) is 8.33. The van der Waals surface area contributed by atoms with Gasteiger partial charge >= 0.3 is 0 Å². The fourth-order valence-electron chi connectivity index (χ4n) is 2.00. The van der Waals surface area contributed by atoms with E-state index in [0.717, 1.165) is 5.69 Å². The maximum absolute atomic E-state index is 13.7. The molecule has 0 saturated carbocycles. The van der Waals surface area contributed by atoms with Crippen LogP contribution in [0.3, 0.4) is 0 Å². The molecule has 0 aliphatic rings. The normalized spacial score (nSPS) is 10.7. The summed E-state index contributed by atoms with van der Waals surface area (Å²) in [7, 11) is 0. The molecule has 0 atom stereocenters. The predicted molar refractivity (Wildman–Crippen MR) is 73.5 cm³/mol. The van der Waals surface area contributed by atoms with Crippen LogP contribution in [0.15, 0.2) is 48.8 Å². The molecule has 0 bridgehead atoms. The first-order valence-electron chi connectivity index (χ1n) is 6.29. The summed E-state index contributed by atoms with van der Waals surface area (Å²) >= 11 is 0. The molecule has 0 saturated heterocycles. The Kier molecular flexibility index (Phi) is 3.25. The van der Waals surface area contributed by atoms with Gasteiger partial charge in [-0.25, -0.2) is 14.4 Å². The Labute approximate surface area is 115 Å². The van der Waals surface area contributed by atoms with E-state index >= 15 is 0 Å². The Bertz CT molecular complexity index is 722. The number of benzene rings is 1. The molecule has 0 N–H and O–H groups in total. The fraction of sp³-hybridized carbons (Fsp3) is 0.133. The molecule has 0 spiro atoms. The van der Waals surface area contributed by atoms with E-state index in [1.165, 1.54) is 6.07 Å². The van der Waals surface area contributed by atoms with Crippen molar-refractivity contribution < 1.29 is 4.39 Å². The average molecular weight is 268 g/mol. The Morgan fingerprint density at radius 2 is 1.85 bits per heavy atom. The first-order valence-corrected chi connectivity index (χ1v) is 6.29. The van der Waals surface area contributed by atoms with Gasteiger partial charge < -0.3 is 0 Å². The molecule has 3 rings (SSSR count). The molecule has 3 aromatic rings. The lowest BCUT2D eigenvalue weighted by atomic mass is 10.2. The number of aryl methyl sites for hydroxylation is 1. The number of nitrogens with zero attached hydrogens (tertiary/aromatic N) is 4. The smallest absolute Gasteiger partial charge is 0.179 e. The zero-order valence-corrected chi connectivity index (χ0v) is 11.0. The van der Waals surface area contributed by atoms with E-state index in [1.807, 2.05) is 19.1 Å². The Balaban J connectivity index is 1.92. The van der Waals surface area contributed by atoms with E-state index in [0.29, 0.717) is 23.6 Å². The van der Waals surface area contributed by atoms with Gasteiger partial charge in [0, 0.05) is 23.7 Å². The van der Waals surface area contributed by atoms with Gasteiger partial charge in [0.1, 0.15) is 11.5 Å². The number of rotatable bonds is 3. The summed E-state index contributed by atoms with van der Waals surface area (Å²) in [5.41, 5.74) is 2.24. The van der Waals surface area contributed by atoms with Crippen LogP contribution in [0.5, 0.6) is 0 Å². The van der Waals surface area contributed by atoms with Crippen molar-refractivity contribution >= 4 is 0 Å². The van der Waals surface area contributed by atoms with Crippen LogP contribution in [0.4, 0.5) is 4.39 Å². The van der Waals surface area contributed by atoms with Gasteiger partial charge in [0.25, 0.3) is 0 Å². The first-order chi connectivity index (χ1) is 9.74. The Hall–Kier alpha value is -2.56. The molecule has 20 heavy (non-hydrogen) atoms. The van der Waals surface area contributed by atoms with Crippen molar-refractivity contribution in [1.82, 2.24) is 19.7 Å². The van der Waals surface area contributed by atoms with E-state index in [1.54, 1.807) is 35.3 Å². The standard InChI is InChI=1S/C15H13FN4/c1-11-9-14(15-17-7-4-8-18-15)19-20(11)10-12-5-2-3-6-13(12)16/h2-9H,10H2,1H3. The molecule has 1 aromatic carbocycles. The highest BCUT2D eigenvalue weighted by Crippen LogP contribution is 2.16. The van der Waals surface area contributed by atoms with Gasteiger partial charge in [0.15, 0.2) is 5.82 Å². The quantitative estimate of drug-likeness (QED) is 0.733. The van der Waals surface area contributed by atoms with Crippen LogP contribution in [-0.4, -0.2) is 19.7 Å². The van der Waals surface area contributed by atoms with Gasteiger partial charge in [0.2, 0.25) is 0 Å². The van der Waals surface area contributed by atoms with Crippen molar-refractivity contribution in [3.63, 3.8) is 0 Å². The van der Waals surface area contributed by atoms with Crippen molar-refractivity contribution in [2.24, 2.45) is 0 Å². The third-order valence-corrected chi connectivity index (χ3v) is 3.05. The summed E-state index contributed by atoms with van der Waals surface area (Å²) < 4.78 is 15.4. The summed E-state index contributed by atoms with van der Waals surface area (Å²) in [6, 6.07) is 10.4. The van der Waals surface area contributed by atoms with Crippen molar-refractivity contribution in [3.05, 3.63) is 65.9 Å². The van der Waals surface area contributed by atoms with Gasteiger partial charge in [-0.1, -0.05) is 18.2 Å². The summed E-state index contributed by atoms with van der Waals surface area (Å²) in [5.74, 6) is 0.350. The number of hydrogen-bond acceptors (Lipinski definition) is 3. The number of hydrogen-bond donors (Lipinski definition) is 0. The summed E-state index contributed by atoms with van der Waals surface area (Å²) in [6.45, 7) is 2.33. The fourth-order valence-corrected chi connectivity index (χ4v) is 2.00. The van der Waals surface area contributed by atoms with Gasteiger partial charge in [-0.3, -0.25) is 4.68 Å². The maximum Gasteiger partial charge on any atom is 0.179 e. The molecule has 4 nitrogen and oxygen atoms in total. The zero-order valence-electron chi connectivity index (χ0n) is 11.0. The molecule has 5 heteroatoms. The van der Waals surface area contributed by atoms with Crippen LogP contribution in [-0.2, 0) is 6.54 Å². The molecule has 0 aliphatic carbocycles. The monoisotopic (exact) mass is 268 g/mol. The largest absolute Gasteiger partial charge is 0.265 e. The van der Waals surface area contributed by atoms with Crippen LogP contribution in [0.1, 0.15) is 11.3 Å². The molecular formula is C15H13FN4. The van der Waals surface area contributed by atoms with Crippen LogP contribution in [0.25, 0.3) is 11.5 Å². The minimum absolute atomic E-state index is 0.222. The molecule has 2 aromatic heterocycles. The number of halogens is 1. The van der Waals surface area contributed by atoms with Crippen molar-refractivity contribution in [1.29, 1.82) is 0 Å². The van der Waals surface area contributed by atoms with Gasteiger partial charge in [-0.15, -0.1) is 0 Å². The average Bonchev–Trinajstić information content (AvgIpc) is 2.84. The minimum atomic E-state index is -0.222. The van der Waals surface area contributed by atoms with E-state index in [4.69, 9.17) is 0 Å². The third-order valence-electron chi connectivity index (χ3n) is 3.05. The summed E-state index contributed by atoms with van der Waals surface area (Å²) in [5, 5.41) is 4.44. The second-order valence-electron chi connectivity index (χ2n) is 4.49. The molecule has 0 radical (unpaired) electrons. The van der Waals surface area contributed by atoms with Gasteiger partial charge in [-0.2, -0.15) is 5.10 Å². The van der Waals surface area contributed by atoms with E-state index < -0.39 is 0 Å². The first kappa shape index (κ1) is 12.5. The van der Waals surface area contributed by atoms with Gasteiger partial charge in [0.05, 0.1) is 6.54 Å². The van der Waals surface area contributed by atoms with Crippen LogP contribution in [0, 0.1) is 12.7 Å². The number of aromatic nitrogens is 4. The predicted octanol–water partition coefficient (Wildman–Crippen LogP) is 2.84. The van der Waals surface area contributed by atoms with Crippen molar-refractivity contribution in [2.45, 2.75) is 13.5 Å². The highest BCUT2D eigenvalue weighted by Gasteiger charge is 2.10. The Morgan fingerprint density at radius 1 is 1.10 bits per heavy atom. The molecule has 2 heterocycles. The lowest BCUT2D eigenvalue weighted by molar-refractivity contribution is 0.580. The second-order valence-corrected chi connectivity index (χ2v) is 4.49. The molecule has 0 unspecified atom stereocenters. The highest BCUT2D eigenvalue weighted by atomic mass is 19.1. The molecule has 0 fully saturated rings. The Morgan fingerprint density at radius 3 is 2.60 bits per heavy atom. The van der Waals surface area contributed by atoms with Gasteiger partial charge in [-0.05, 0) is 25.1 Å². The van der Waals surface area contributed by atoms with Crippen LogP contribution < -0.4 is 0 Å². The van der Waals surface area contributed by atoms with Crippen LogP contribution in [0.2, 0.25) is 0 Å². The van der Waals surface area contributed by atoms with Crippen LogP contribution >= 0.6 is 0 Å². The minimum Gasteiger partial charge on any atom is -0.265 e. The highest BCUT2D eigenvalue weighted by molar-refractivity contribution is 5.48. The molecule has 100 valence electrons. The van der Waals surface area contributed by atoms with Crippen molar-refractivity contribution in [2.75, 3.05) is 0 Å². The zero-order chi connectivity index (χ0) is 13.9. The summed E-state index contributed by atoms with van der Waals surface area (Å²) in [6.07, 6.45) is 3.35. The van der Waals surface area contributed by atoms with E-state index in [2.05, 4.69) is 15.1 Å². The van der Waals surface area contributed by atoms with E-state index in [-0.39, 0.29) is 5.82 Å². The lowest BCUT2D eigenvalue weighted by Gasteiger charge is -2.05. The maximum atomic E-state index is 13.7. The third kappa shape index (κ3) is 2.42. The second kappa shape index (κ2) is 5.21. The molecular weight excluding hydrogens is 255 g/mol. The van der Waals surface area contributed by atoms with Crippen molar-refractivity contribution in [3.8, 4) is 11.5 Å². The molecule has 0 aliphatic heterocycles.